The van der Waals surface area contributed by atoms with Gasteiger partial charge in [-0.05, 0) is 24.9 Å². The molecule has 0 unspecified atom stereocenters. The minimum atomic E-state index is -0.0787. The minimum Gasteiger partial charge on any atom is -0.384 e. The largest absolute Gasteiger partial charge is 0.384 e. The summed E-state index contributed by atoms with van der Waals surface area (Å²) >= 11 is 1.88. The Morgan fingerprint density at radius 2 is 2.00 bits per heavy atom. The Hall–Kier alpha value is -0.970. The summed E-state index contributed by atoms with van der Waals surface area (Å²) in [7, 11) is 0. The smallest absolute Gasteiger partial charge is 0.138 e. The average molecular weight is 268 g/mol. The molecule has 3 N–H and O–H groups in total. The summed E-state index contributed by atoms with van der Waals surface area (Å²) in [6.07, 6.45) is 4.50. The summed E-state index contributed by atoms with van der Waals surface area (Å²) in [6.45, 7) is 7.19. The highest BCUT2D eigenvalue weighted by Gasteiger charge is 2.18. The van der Waals surface area contributed by atoms with Crippen LogP contribution in [0.25, 0.3) is 0 Å². The molecule has 0 aromatic carbocycles. The van der Waals surface area contributed by atoms with E-state index in [4.69, 9.17) is 5.73 Å². The number of unbranched alkanes of at least 4 members (excludes halogenated alkanes) is 1. The van der Waals surface area contributed by atoms with Crippen molar-refractivity contribution in [2.24, 2.45) is 0 Å². The number of hydrogen-bond donors (Lipinski definition) is 2. The Morgan fingerprint density at radius 3 is 2.61 bits per heavy atom. The van der Waals surface area contributed by atoms with Crippen LogP contribution < -0.4 is 11.1 Å². The van der Waals surface area contributed by atoms with E-state index in [-0.39, 0.29) is 5.41 Å². The molecule has 0 saturated heterocycles. The molecule has 5 heteroatoms. The predicted octanol–water partition coefficient (Wildman–Crippen LogP) is 2.91. The molecule has 0 fully saturated rings. The molecule has 1 heterocycles. The molecule has 0 amide bonds. The molecule has 0 radical (unpaired) electrons. The molecule has 0 aliphatic carbocycles. The number of nitrogen functional groups attached to an aromatic ring is 1. The van der Waals surface area contributed by atoms with Gasteiger partial charge in [0.1, 0.15) is 17.5 Å². The molecule has 0 aliphatic rings. The Labute approximate surface area is 114 Å². The topological polar surface area (TPSA) is 63.8 Å². The van der Waals surface area contributed by atoms with Crippen molar-refractivity contribution in [1.82, 2.24) is 9.97 Å². The summed E-state index contributed by atoms with van der Waals surface area (Å²) in [5, 5.41) is 3.32. The van der Waals surface area contributed by atoms with Gasteiger partial charge in [-0.3, -0.25) is 0 Å². The Morgan fingerprint density at radius 1 is 1.28 bits per heavy atom. The second-order valence-corrected chi connectivity index (χ2v) is 6.36. The van der Waals surface area contributed by atoms with Crippen LogP contribution in [-0.2, 0) is 5.41 Å². The lowest BCUT2D eigenvalue weighted by Crippen LogP contribution is -2.18. The molecule has 18 heavy (non-hydrogen) atoms. The maximum atomic E-state index is 5.81. The van der Waals surface area contributed by atoms with Gasteiger partial charge in [-0.25, -0.2) is 9.97 Å². The van der Waals surface area contributed by atoms with Crippen LogP contribution in [0.5, 0.6) is 0 Å². The molecule has 0 aliphatic heterocycles. The lowest BCUT2D eigenvalue weighted by atomic mass is 9.96. The van der Waals surface area contributed by atoms with E-state index in [0.717, 1.165) is 24.6 Å². The van der Waals surface area contributed by atoms with Crippen LogP contribution in [0.2, 0.25) is 0 Å². The first kappa shape index (κ1) is 15.1. The molecule has 4 nitrogen and oxygen atoms in total. The number of nitrogens with zero attached hydrogens (tertiary/aromatic N) is 2. The van der Waals surface area contributed by atoms with Gasteiger partial charge in [-0.15, -0.1) is 0 Å². The number of nitrogens with one attached hydrogen (secondary N) is 1. The summed E-state index contributed by atoms with van der Waals surface area (Å²) < 4.78 is 0. The van der Waals surface area contributed by atoms with E-state index < -0.39 is 0 Å². The van der Waals surface area contributed by atoms with Crippen molar-refractivity contribution in [3.63, 3.8) is 0 Å². The fraction of sp³-hybridized carbons (Fsp3) is 0.692. The van der Waals surface area contributed by atoms with Gasteiger partial charge in [0.25, 0.3) is 0 Å². The Kier molecular flexibility index (Phi) is 5.72. The normalized spacial score (nSPS) is 11.6. The maximum Gasteiger partial charge on any atom is 0.138 e. The van der Waals surface area contributed by atoms with Gasteiger partial charge in [0.15, 0.2) is 0 Å². The first-order valence-corrected chi connectivity index (χ1v) is 7.70. The molecule has 102 valence electrons. The van der Waals surface area contributed by atoms with Crippen molar-refractivity contribution >= 4 is 23.4 Å². The first-order valence-electron chi connectivity index (χ1n) is 6.31. The molecule has 1 rings (SSSR count). The molecule has 0 atom stereocenters. The van der Waals surface area contributed by atoms with Crippen molar-refractivity contribution in [3.8, 4) is 0 Å². The van der Waals surface area contributed by atoms with Crippen LogP contribution in [-0.4, -0.2) is 28.5 Å². The monoisotopic (exact) mass is 268 g/mol. The van der Waals surface area contributed by atoms with E-state index in [1.165, 1.54) is 12.2 Å². The van der Waals surface area contributed by atoms with Crippen molar-refractivity contribution in [3.05, 3.63) is 11.9 Å². The SMILES string of the molecule is CSCCCCNc1cc(N)nc(C(C)(C)C)n1. The number of aromatic nitrogens is 2. The van der Waals surface area contributed by atoms with E-state index in [0.29, 0.717) is 5.82 Å². The van der Waals surface area contributed by atoms with Crippen LogP contribution in [0.4, 0.5) is 11.6 Å². The predicted molar refractivity (Wildman–Crippen MR) is 81.3 cm³/mol. The van der Waals surface area contributed by atoms with E-state index >= 15 is 0 Å². The van der Waals surface area contributed by atoms with Crippen LogP contribution >= 0.6 is 11.8 Å². The van der Waals surface area contributed by atoms with Crippen molar-refractivity contribution in [2.45, 2.75) is 39.0 Å². The third kappa shape index (κ3) is 5.12. The number of thioether (sulfide) groups is 1. The lowest BCUT2D eigenvalue weighted by molar-refractivity contribution is 0.547. The highest BCUT2D eigenvalue weighted by Crippen LogP contribution is 2.21. The van der Waals surface area contributed by atoms with Crippen LogP contribution in [0.15, 0.2) is 6.07 Å². The number of hydrogen-bond acceptors (Lipinski definition) is 5. The van der Waals surface area contributed by atoms with Crippen LogP contribution in [0.1, 0.15) is 39.4 Å². The second kappa shape index (κ2) is 6.83. The van der Waals surface area contributed by atoms with Crippen LogP contribution in [0.3, 0.4) is 0 Å². The molecule has 1 aromatic heterocycles. The van der Waals surface area contributed by atoms with Gasteiger partial charge in [0.05, 0.1) is 0 Å². The van der Waals surface area contributed by atoms with Gasteiger partial charge in [0.2, 0.25) is 0 Å². The first-order chi connectivity index (χ1) is 8.43. The van der Waals surface area contributed by atoms with Gasteiger partial charge < -0.3 is 11.1 Å². The zero-order valence-electron chi connectivity index (χ0n) is 11.8. The Bertz CT molecular complexity index is 374. The van der Waals surface area contributed by atoms with Gasteiger partial charge in [0, 0.05) is 18.0 Å². The lowest BCUT2D eigenvalue weighted by Gasteiger charge is -2.18. The van der Waals surface area contributed by atoms with Gasteiger partial charge in [-0.2, -0.15) is 11.8 Å². The molecule has 1 aromatic rings. The zero-order valence-corrected chi connectivity index (χ0v) is 12.6. The second-order valence-electron chi connectivity index (χ2n) is 5.38. The van der Waals surface area contributed by atoms with E-state index in [9.17, 15) is 0 Å². The van der Waals surface area contributed by atoms with Crippen molar-refractivity contribution < 1.29 is 0 Å². The number of anilines is 2. The maximum absolute atomic E-state index is 5.81. The average Bonchev–Trinajstić information content (AvgIpc) is 2.27. The highest BCUT2D eigenvalue weighted by molar-refractivity contribution is 7.98. The minimum absolute atomic E-state index is 0.0787. The summed E-state index contributed by atoms with van der Waals surface area (Å²) in [6, 6.07) is 1.80. The third-order valence-electron chi connectivity index (χ3n) is 2.50. The quantitative estimate of drug-likeness (QED) is 0.777. The van der Waals surface area contributed by atoms with E-state index in [1.807, 2.05) is 11.8 Å². The van der Waals surface area contributed by atoms with E-state index in [2.05, 4.69) is 42.3 Å². The van der Waals surface area contributed by atoms with Gasteiger partial charge in [-0.1, -0.05) is 20.8 Å². The van der Waals surface area contributed by atoms with Crippen molar-refractivity contribution in [2.75, 3.05) is 29.6 Å². The molecular formula is C13H24N4S. The summed E-state index contributed by atoms with van der Waals surface area (Å²) in [4.78, 5) is 8.80. The number of rotatable bonds is 6. The summed E-state index contributed by atoms with van der Waals surface area (Å²) in [5.41, 5.74) is 5.73. The molecule has 0 spiro atoms. The third-order valence-corrected chi connectivity index (χ3v) is 3.20. The molecule has 0 bridgehead atoms. The van der Waals surface area contributed by atoms with Gasteiger partial charge >= 0.3 is 0 Å². The van der Waals surface area contributed by atoms with Crippen LogP contribution in [0, 0.1) is 0 Å². The fourth-order valence-electron chi connectivity index (χ4n) is 1.48. The standard InChI is InChI=1S/C13H24N4S/c1-13(2,3)12-16-10(14)9-11(17-12)15-7-5-6-8-18-4/h9H,5-8H2,1-4H3,(H3,14,15,16,17). The molecular weight excluding hydrogens is 244 g/mol. The summed E-state index contributed by atoms with van der Waals surface area (Å²) in [5.74, 6) is 3.35. The van der Waals surface area contributed by atoms with Crippen molar-refractivity contribution in [1.29, 1.82) is 0 Å². The molecule has 0 saturated carbocycles. The fourth-order valence-corrected chi connectivity index (χ4v) is 1.97. The van der Waals surface area contributed by atoms with E-state index in [1.54, 1.807) is 6.07 Å². The zero-order chi connectivity index (χ0) is 13.6. The Balaban J connectivity index is 2.58. The highest BCUT2D eigenvalue weighted by atomic mass is 32.2. The number of nitrogens with two attached hydrogens (primary N) is 1.